The zero-order valence-corrected chi connectivity index (χ0v) is 20.3. The predicted molar refractivity (Wildman–Crippen MR) is 127 cm³/mol. The van der Waals surface area contributed by atoms with E-state index in [0.29, 0.717) is 16.3 Å². The molecule has 182 valence electrons. The summed E-state index contributed by atoms with van der Waals surface area (Å²) >= 11 is 6.28. The Morgan fingerprint density at radius 3 is 2.44 bits per heavy atom. The van der Waals surface area contributed by atoms with Gasteiger partial charge in [-0.2, -0.15) is 13.2 Å². The first-order valence-electron chi connectivity index (χ1n) is 10.6. The number of aryl methyl sites for hydroxylation is 1. The molecule has 2 aliphatic heterocycles. The van der Waals surface area contributed by atoms with Crippen molar-refractivity contribution in [1.29, 1.82) is 0 Å². The highest BCUT2D eigenvalue weighted by molar-refractivity contribution is 6.30. The van der Waals surface area contributed by atoms with E-state index in [-0.39, 0.29) is 18.0 Å². The number of alkyl halides is 3. The summed E-state index contributed by atoms with van der Waals surface area (Å²) in [6.07, 6.45) is -5.75. The normalized spacial score (nSPS) is 19.9. The Kier molecular flexibility index (Phi) is 7.43. The average Bonchev–Trinajstić information content (AvgIpc) is 2.83. The molecule has 5 nitrogen and oxygen atoms in total. The highest BCUT2D eigenvalue weighted by atomic mass is 35.5. The van der Waals surface area contributed by atoms with E-state index >= 15 is 0 Å². The van der Waals surface area contributed by atoms with E-state index in [1.54, 1.807) is 25.1 Å². The third kappa shape index (κ3) is 5.13. The van der Waals surface area contributed by atoms with Crippen LogP contribution in [0, 0.1) is 13.8 Å². The van der Waals surface area contributed by atoms with E-state index in [2.05, 4.69) is 4.99 Å². The minimum Gasteiger partial charge on any atom is -0.481 e. The molecular weight excluding hydrogens is 469 g/mol. The number of carboxylic acids is 1. The second kappa shape index (κ2) is 9.80. The topological polar surface area (TPSA) is 62.1 Å². The van der Waals surface area contributed by atoms with Gasteiger partial charge in [-0.05, 0) is 68.2 Å². The maximum Gasteiger partial charge on any atom is 0.431 e. The van der Waals surface area contributed by atoms with Crippen molar-refractivity contribution >= 4 is 29.1 Å². The summed E-state index contributed by atoms with van der Waals surface area (Å²) in [6, 6.07) is 10.8. The molecule has 0 fully saturated rings. The van der Waals surface area contributed by atoms with E-state index in [9.17, 15) is 13.2 Å². The Hall–Kier alpha value is -2.84. The minimum absolute atomic E-state index is 0.00849. The van der Waals surface area contributed by atoms with Gasteiger partial charge in [-0.25, -0.2) is 0 Å². The van der Waals surface area contributed by atoms with Crippen LogP contribution in [-0.4, -0.2) is 35.7 Å². The second-order valence-corrected chi connectivity index (χ2v) is 8.74. The Labute approximate surface area is 201 Å². The van der Waals surface area contributed by atoms with Gasteiger partial charge in [0, 0.05) is 17.5 Å². The molecule has 2 aromatic rings. The van der Waals surface area contributed by atoms with Gasteiger partial charge in [0.25, 0.3) is 5.97 Å². The van der Waals surface area contributed by atoms with Gasteiger partial charge in [-0.3, -0.25) is 14.7 Å². The zero-order valence-electron chi connectivity index (χ0n) is 19.5. The van der Waals surface area contributed by atoms with Crippen molar-refractivity contribution in [2.24, 2.45) is 4.99 Å². The van der Waals surface area contributed by atoms with Crippen LogP contribution in [0.25, 0.3) is 0 Å². The number of aliphatic imine (C=N–C) groups is 1. The molecule has 1 unspecified atom stereocenters. The van der Waals surface area contributed by atoms with Crippen LogP contribution < -0.4 is 4.90 Å². The predicted octanol–water partition coefficient (Wildman–Crippen LogP) is 6.61. The molecule has 9 heteroatoms. The number of allylic oxidation sites excluding steroid dienone is 1. The van der Waals surface area contributed by atoms with E-state index in [1.165, 1.54) is 11.8 Å². The van der Waals surface area contributed by atoms with Gasteiger partial charge >= 0.3 is 6.18 Å². The summed E-state index contributed by atoms with van der Waals surface area (Å²) in [5, 5.41) is 7.85. The molecule has 4 rings (SSSR count). The van der Waals surface area contributed by atoms with Gasteiger partial charge in [-0.15, -0.1) is 0 Å². The summed E-state index contributed by atoms with van der Waals surface area (Å²) in [4.78, 5) is 14.7. The summed E-state index contributed by atoms with van der Waals surface area (Å²) in [7, 11) is 0. The number of fused-ring (bicyclic) bond motifs is 3. The SMILES string of the molecule is CC(=O)O.CC1=C(C(F)(F)F)N2C(=NC1)C(C)O[C@H](c1cccc(C)c1C)c1cc(Cl)ccc12. The van der Waals surface area contributed by atoms with Gasteiger partial charge < -0.3 is 9.84 Å². The van der Waals surface area contributed by atoms with Crippen molar-refractivity contribution in [2.45, 2.75) is 53.0 Å². The van der Waals surface area contributed by atoms with Crippen LogP contribution in [0.5, 0.6) is 0 Å². The van der Waals surface area contributed by atoms with Crippen molar-refractivity contribution in [3.8, 4) is 0 Å². The Morgan fingerprint density at radius 2 is 1.82 bits per heavy atom. The molecule has 0 saturated carbocycles. The molecule has 2 heterocycles. The Morgan fingerprint density at radius 1 is 1.18 bits per heavy atom. The molecule has 0 bridgehead atoms. The number of ether oxygens (including phenoxy) is 1. The Bertz CT molecular complexity index is 1170. The van der Waals surface area contributed by atoms with Gasteiger partial charge in [0.2, 0.25) is 0 Å². The van der Waals surface area contributed by atoms with E-state index in [0.717, 1.165) is 23.6 Å². The number of hydrogen-bond acceptors (Lipinski definition) is 4. The fourth-order valence-electron chi connectivity index (χ4n) is 4.15. The smallest absolute Gasteiger partial charge is 0.431 e. The van der Waals surface area contributed by atoms with Gasteiger partial charge in [0.1, 0.15) is 23.7 Å². The van der Waals surface area contributed by atoms with E-state index in [1.807, 2.05) is 32.0 Å². The molecule has 0 amide bonds. The quantitative estimate of drug-likeness (QED) is 0.484. The van der Waals surface area contributed by atoms with Crippen LogP contribution in [0.1, 0.15) is 49.1 Å². The lowest BCUT2D eigenvalue weighted by molar-refractivity contribution is -0.134. The highest BCUT2D eigenvalue weighted by Gasteiger charge is 2.46. The average molecular weight is 495 g/mol. The molecule has 0 saturated heterocycles. The summed E-state index contributed by atoms with van der Waals surface area (Å²) in [5.41, 5.74) is 3.46. The lowest BCUT2D eigenvalue weighted by Gasteiger charge is -2.35. The number of anilines is 1. The summed E-state index contributed by atoms with van der Waals surface area (Å²) in [5.74, 6) is -0.579. The van der Waals surface area contributed by atoms with Crippen molar-refractivity contribution in [3.05, 3.63) is 74.9 Å². The molecule has 0 spiro atoms. The van der Waals surface area contributed by atoms with Crippen LogP contribution in [0.15, 0.2) is 52.7 Å². The fraction of sp³-hybridized carbons (Fsp3) is 0.360. The molecule has 0 aromatic heterocycles. The van der Waals surface area contributed by atoms with Crippen LogP contribution in [0.2, 0.25) is 5.02 Å². The maximum absolute atomic E-state index is 14.1. The molecule has 34 heavy (non-hydrogen) atoms. The van der Waals surface area contributed by atoms with E-state index < -0.39 is 30.1 Å². The third-order valence-corrected chi connectivity index (χ3v) is 5.98. The summed E-state index contributed by atoms with van der Waals surface area (Å²) < 4.78 is 48.7. The van der Waals surface area contributed by atoms with Crippen LogP contribution in [-0.2, 0) is 9.53 Å². The first kappa shape index (κ1) is 25.8. The van der Waals surface area contributed by atoms with Crippen LogP contribution in [0.4, 0.5) is 18.9 Å². The summed E-state index contributed by atoms with van der Waals surface area (Å²) in [6.45, 7) is 8.28. The number of amidine groups is 1. The maximum atomic E-state index is 14.1. The number of carbonyl (C=O) groups is 1. The first-order chi connectivity index (χ1) is 15.8. The Balaban J connectivity index is 0.000000751. The number of carboxylic acid groups (broad SMARTS) is 1. The largest absolute Gasteiger partial charge is 0.481 e. The van der Waals surface area contributed by atoms with Crippen molar-refractivity contribution in [3.63, 3.8) is 0 Å². The van der Waals surface area contributed by atoms with Crippen LogP contribution >= 0.6 is 11.6 Å². The number of benzene rings is 2. The van der Waals surface area contributed by atoms with Crippen LogP contribution in [0.3, 0.4) is 0 Å². The number of hydrogen-bond donors (Lipinski definition) is 1. The molecule has 2 aliphatic rings. The molecule has 0 aliphatic carbocycles. The lowest BCUT2D eigenvalue weighted by Crippen LogP contribution is -2.45. The highest BCUT2D eigenvalue weighted by Crippen LogP contribution is 2.46. The third-order valence-electron chi connectivity index (χ3n) is 5.75. The van der Waals surface area contributed by atoms with Gasteiger partial charge in [0.15, 0.2) is 0 Å². The zero-order chi connectivity index (χ0) is 25.4. The number of rotatable bonds is 1. The van der Waals surface area contributed by atoms with Gasteiger partial charge in [0.05, 0.1) is 12.2 Å². The van der Waals surface area contributed by atoms with Crippen molar-refractivity contribution < 1.29 is 27.8 Å². The molecular formula is C25H26ClF3N2O3. The van der Waals surface area contributed by atoms with Crippen molar-refractivity contribution in [1.82, 2.24) is 0 Å². The molecule has 2 aromatic carbocycles. The minimum atomic E-state index is -4.53. The van der Waals surface area contributed by atoms with Gasteiger partial charge in [-0.1, -0.05) is 29.8 Å². The molecule has 0 radical (unpaired) electrons. The lowest BCUT2D eigenvalue weighted by atomic mass is 9.93. The number of halogens is 4. The second-order valence-electron chi connectivity index (χ2n) is 8.31. The molecule has 1 N–H and O–H groups in total. The first-order valence-corrected chi connectivity index (χ1v) is 11.0. The van der Waals surface area contributed by atoms with E-state index in [4.69, 9.17) is 26.2 Å². The standard InChI is InChI=1S/C23H22ClF3N2O.C2H4O2/c1-12-6-5-7-17(14(12)3)20-18-10-16(24)8-9-19(18)29-21(23(25,26)27)13(2)11-28-22(29)15(4)30-20;1-2(3)4/h5-10,15,20H,11H2,1-4H3;1H3,(H,3,4)/t15?,20-;/m1./s1. The monoisotopic (exact) mass is 494 g/mol. The van der Waals surface area contributed by atoms with Crippen molar-refractivity contribution in [2.75, 3.05) is 11.4 Å². The number of nitrogens with zero attached hydrogens (tertiary/aromatic N) is 2. The molecule has 2 atom stereocenters. The fourth-order valence-corrected chi connectivity index (χ4v) is 4.33. The number of aliphatic carboxylic acids is 1.